The van der Waals surface area contributed by atoms with Crippen LogP contribution in [0.3, 0.4) is 0 Å². The molecule has 2 aliphatic rings. The van der Waals surface area contributed by atoms with Gasteiger partial charge < -0.3 is 10.1 Å². The van der Waals surface area contributed by atoms with Gasteiger partial charge in [-0.15, -0.1) is 0 Å². The molecule has 86 valence electrons. The van der Waals surface area contributed by atoms with Gasteiger partial charge in [-0.05, 0) is 48.8 Å². The quantitative estimate of drug-likeness (QED) is 0.840. The van der Waals surface area contributed by atoms with E-state index >= 15 is 0 Å². The van der Waals surface area contributed by atoms with E-state index in [2.05, 4.69) is 29.6 Å². The molecular formula is C14H19NO. The molecule has 2 atom stereocenters. The van der Waals surface area contributed by atoms with Crippen molar-refractivity contribution in [3.05, 3.63) is 29.8 Å². The Bertz CT molecular complexity index is 356. The van der Waals surface area contributed by atoms with Crippen LogP contribution >= 0.6 is 0 Å². The van der Waals surface area contributed by atoms with Crippen LogP contribution in [-0.4, -0.2) is 19.7 Å². The molecule has 1 aliphatic carbocycles. The fourth-order valence-corrected chi connectivity index (χ4v) is 2.75. The van der Waals surface area contributed by atoms with Gasteiger partial charge in [-0.25, -0.2) is 0 Å². The molecule has 1 aromatic rings. The summed E-state index contributed by atoms with van der Waals surface area (Å²) in [6, 6.07) is 9.34. The second-order valence-electron chi connectivity index (χ2n) is 5.06. The van der Waals surface area contributed by atoms with Gasteiger partial charge in [-0.1, -0.05) is 12.1 Å². The third-order valence-corrected chi connectivity index (χ3v) is 3.94. The van der Waals surface area contributed by atoms with E-state index in [0.29, 0.717) is 5.92 Å². The molecule has 1 N–H and O–H groups in total. The smallest absolute Gasteiger partial charge is 0.118 e. The molecule has 1 saturated carbocycles. The van der Waals surface area contributed by atoms with Gasteiger partial charge in [0, 0.05) is 12.6 Å². The molecule has 0 radical (unpaired) electrons. The van der Waals surface area contributed by atoms with Crippen molar-refractivity contribution in [1.82, 2.24) is 5.32 Å². The van der Waals surface area contributed by atoms with Crippen molar-refractivity contribution in [2.75, 3.05) is 13.7 Å². The summed E-state index contributed by atoms with van der Waals surface area (Å²) in [5, 5.41) is 3.66. The number of benzene rings is 1. The van der Waals surface area contributed by atoms with Crippen LogP contribution in [0, 0.1) is 5.92 Å². The molecule has 2 unspecified atom stereocenters. The molecule has 2 nitrogen and oxygen atoms in total. The van der Waals surface area contributed by atoms with Crippen molar-refractivity contribution in [2.24, 2.45) is 5.92 Å². The number of ether oxygens (including phenoxy) is 1. The van der Waals surface area contributed by atoms with Gasteiger partial charge in [0.05, 0.1) is 7.11 Å². The van der Waals surface area contributed by atoms with Gasteiger partial charge in [-0.2, -0.15) is 0 Å². The first-order valence-corrected chi connectivity index (χ1v) is 6.24. The van der Waals surface area contributed by atoms with Crippen LogP contribution in [0.5, 0.6) is 5.75 Å². The standard InChI is InChI=1S/C14H19NO/c1-16-13-6-4-10(5-7-13)12-8-14(15-9-12)11-2-3-11/h4-7,11-12,14-15H,2-3,8-9H2,1H3. The van der Waals surface area contributed by atoms with E-state index in [9.17, 15) is 0 Å². The molecular weight excluding hydrogens is 198 g/mol. The minimum absolute atomic E-state index is 0.705. The maximum absolute atomic E-state index is 5.19. The Morgan fingerprint density at radius 1 is 1.19 bits per heavy atom. The monoisotopic (exact) mass is 217 g/mol. The molecule has 0 amide bonds. The van der Waals surface area contributed by atoms with E-state index in [4.69, 9.17) is 4.74 Å². The van der Waals surface area contributed by atoms with Crippen LogP contribution in [0.4, 0.5) is 0 Å². The molecule has 2 heteroatoms. The number of hydrogen-bond donors (Lipinski definition) is 1. The SMILES string of the molecule is COc1ccc(C2CNC(C3CC3)C2)cc1. The summed E-state index contributed by atoms with van der Waals surface area (Å²) >= 11 is 0. The lowest BCUT2D eigenvalue weighted by atomic mass is 9.95. The van der Waals surface area contributed by atoms with Crippen LogP contribution in [-0.2, 0) is 0 Å². The molecule has 1 saturated heterocycles. The van der Waals surface area contributed by atoms with Crippen LogP contribution in [0.2, 0.25) is 0 Å². The Balaban J connectivity index is 1.67. The maximum atomic E-state index is 5.19. The topological polar surface area (TPSA) is 21.3 Å². The van der Waals surface area contributed by atoms with Crippen LogP contribution in [0.15, 0.2) is 24.3 Å². The summed E-state index contributed by atoms with van der Waals surface area (Å²) in [6.07, 6.45) is 4.19. The summed E-state index contributed by atoms with van der Waals surface area (Å²) in [4.78, 5) is 0. The number of hydrogen-bond acceptors (Lipinski definition) is 2. The zero-order chi connectivity index (χ0) is 11.0. The first kappa shape index (κ1) is 10.2. The van der Waals surface area contributed by atoms with Gasteiger partial charge in [-0.3, -0.25) is 0 Å². The molecule has 0 aromatic heterocycles. The zero-order valence-corrected chi connectivity index (χ0v) is 9.78. The summed E-state index contributed by atoms with van der Waals surface area (Å²) in [5.74, 6) is 2.63. The number of methoxy groups -OCH3 is 1. The van der Waals surface area contributed by atoms with Gasteiger partial charge >= 0.3 is 0 Å². The van der Waals surface area contributed by atoms with E-state index in [1.807, 2.05) is 0 Å². The lowest BCUT2D eigenvalue weighted by Crippen LogP contribution is -2.22. The summed E-state index contributed by atoms with van der Waals surface area (Å²) < 4.78 is 5.19. The van der Waals surface area contributed by atoms with Crippen LogP contribution in [0.25, 0.3) is 0 Å². The minimum atomic E-state index is 0.705. The Hall–Kier alpha value is -1.02. The van der Waals surface area contributed by atoms with Gasteiger partial charge in [0.2, 0.25) is 0 Å². The van der Waals surface area contributed by atoms with E-state index in [1.165, 1.54) is 24.8 Å². The van der Waals surface area contributed by atoms with E-state index in [0.717, 1.165) is 24.3 Å². The van der Waals surface area contributed by atoms with E-state index in [-0.39, 0.29) is 0 Å². The highest BCUT2D eigenvalue weighted by molar-refractivity contribution is 5.30. The van der Waals surface area contributed by atoms with Crippen molar-refractivity contribution in [3.8, 4) is 5.75 Å². The average molecular weight is 217 g/mol. The Morgan fingerprint density at radius 2 is 1.94 bits per heavy atom. The lowest BCUT2D eigenvalue weighted by molar-refractivity contribution is 0.414. The predicted octanol–water partition coefficient (Wildman–Crippen LogP) is 2.55. The molecule has 3 rings (SSSR count). The Morgan fingerprint density at radius 3 is 2.56 bits per heavy atom. The molecule has 2 fully saturated rings. The lowest BCUT2D eigenvalue weighted by Gasteiger charge is -2.10. The zero-order valence-electron chi connectivity index (χ0n) is 9.78. The van der Waals surface area contributed by atoms with Gasteiger partial charge in [0.15, 0.2) is 0 Å². The molecule has 1 heterocycles. The van der Waals surface area contributed by atoms with E-state index in [1.54, 1.807) is 7.11 Å². The van der Waals surface area contributed by atoms with Crippen molar-refractivity contribution in [2.45, 2.75) is 31.2 Å². The number of nitrogens with one attached hydrogen (secondary N) is 1. The molecule has 1 aliphatic heterocycles. The Labute approximate surface area is 97.0 Å². The first-order chi connectivity index (χ1) is 7.86. The first-order valence-electron chi connectivity index (χ1n) is 6.24. The average Bonchev–Trinajstić information content (AvgIpc) is 3.08. The summed E-state index contributed by atoms with van der Waals surface area (Å²) in [6.45, 7) is 1.15. The second kappa shape index (κ2) is 4.10. The Kier molecular flexibility index (Phi) is 2.60. The van der Waals surface area contributed by atoms with Crippen molar-refractivity contribution in [3.63, 3.8) is 0 Å². The van der Waals surface area contributed by atoms with Gasteiger partial charge in [0.1, 0.15) is 5.75 Å². The van der Waals surface area contributed by atoms with Crippen LogP contribution < -0.4 is 10.1 Å². The highest BCUT2D eigenvalue weighted by Crippen LogP contribution is 2.39. The van der Waals surface area contributed by atoms with Crippen molar-refractivity contribution < 1.29 is 4.74 Å². The normalized spacial score (nSPS) is 29.3. The molecule has 0 spiro atoms. The third kappa shape index (κ3) is 1.94. The number of rotatable bonds is 3. The van der Waals surface area contributed by atoms with Crippen molar-refractivity contribution in [1.29, 1.82) is 0 Å². The summed E-state index contributed by atoms with van der Waals surface area (Å²) in [7, 11) is 1.72. The fourth-order valence-electron chi connectivity index (χ4n) is 2.75. The maximum Gasteiger partial charge on any atom is 0.118 e. The van der Waals surface area contributed by atoms with E-state index < -0.39 is 0 Å². The van der Waals surface area contributed by atoms with Gasteiger partial charge in [0.25, 0.3) is 0 Å². The highest BCUT2D eigenvalue weighted by atomic mass is 16.5. The second-order valence-corrected chi connectivity index (χ2v) is 5.06. The minimum Gasteiger partial charge on any atom is -0.497 e. The summed E-state index contributed by atoms with van der Waals surface area (Å²) in [5.41, 5.74) is 1.46. The molecule has 1 aromatic carbocycles. The van der Waals surface area contributed by atoms with Crippen molar-refractivity contribution >= 4 is 0 Å². The third-order valence-electron chi connectivity index (χ3n) is 3.94. The molecule has 0 bridgehead atoms. The van der Waals surface area contributed by atoms with Crippen LogP contribution in [0.1, 0.15) is 30.7 Å². The largest absolute Gasteiger partial charge is 0.497 e. The molecule has 16 heavy (non-hydrogen) atoms. The highest BCUT2D eigenvalue weighted by Gasteiger charge is 2.36. The predicted molar refractivity (Wildman–Crippen MR) is 64.9 cm³/mol. The fraction of sp³-hybridized carbons (Fsp3) is 0.571.